The molecule has 1 atom stereocenters. The fraction of sp³-hybridized carbons (Fsp3) is 0.444. The Balaban J connectivity index is 1.35. The number of carbonyl (C=O) groups excluding carboxylic acids is 3. The maximum absolute atomic E-state index is 13.1. The molecule has 3 aliphatic heterocycles. The van der Waals surface area contributed by atoms with Gasteiger partial charge in [0.05, 0.1) is 11.2 Å². The summed E-state index contributed by atoms with van der Waals surface area (Å²) in [4.78, 5) is 46.1. The van der Waals surface area contributed by atoms with Gasteiger partial charge in [-0.25, -0.2) is 4.98 Å². The van der Waals surface area contributed by atoms with E-state index in [2.05, 4.69) is 45.6 Å². The van der Waals surface area contributed by atoms with Gasteiger partial charge in [-0.1, -0.05) is 6.07 Å². The van der Waals surface area contributed by atoms with E-state index in [0.717, 1.165) is 58.9 Å². The number of piperidine rings is 1. The van der Waals surface area contributed by atoms with E-state index in [4.69, 9.17) is 4.98 Å². The van der Waals surface area contributed by atoms with Gasteiger partial charge in [-0.05, 0) is 75.5 Å². The molecule has 2 aromatic heterocycles. The van der Waals surface area contributed by atoms with Gasteiger partial charge in [-0.2, -0.15) is 5.10 Å². The van der Waals surface area contributed by atoms with Crippen LogP contribution in [0.4, 0.5) is 5.82 Å². The topological polar surface area (TPSA) is 123 Å². The van der Waals surface area contributed by atoms with Crippen molar-refractivity contribution in [3.8, 4) is 11.3 Å². The van der Waals surface area contributed by atoms with Gasteiger partial charge in [0.1, 0.15) is 11.6 Å². The zero-order valence-electron chi connectivity index (χ0n) is 21.1. The van der Waals surface area contributed by atoms with Crippen molar-refractivity contribution in [1.82, 2.24) is 30.3 Å². The third-order valence-electron chi connectivity index (χ3n) is 7.44. The highest BCUT2D eigenvalue weighted by Crippen LogP contribution is 2.33. The minimum atomic E-state index is -0.627. The van der Waals surface area contributed by atoms with Crippen LogP contribution in [-0.4, -0.2) is 67.9 Å². The van der Waals surface area contributed by atoms with Gasteiger partial charge in [-0.15, -0.1) is 0 Å². The molecular weight excluding hydrogens is 470 g/mol. The summed E-state index contributed by atoms with van der Waals surface area (Å²) in [6.45, 7) is 7.47. The number of amides is 3. The molecule has 2 saturated heterocycles. The summed E-state index contributed by atoms with van der Waals surface area (Å²) < 4.78 is 0. The summed E-state index contributed by atoms with van der Waals surface area (Å²) in [6, 6.07) is 7.46. The van der Waals surface area contributed by atoms with Gasteiger partial charge in [0.2, 0.25) is 11.8 Å². The molecule has 0 spiro atoms. The van der Waals surface area contributed by atoms with Gasteiger partial charge in [0.25, 0.3) is 5.91 Å². The lowest BCUT2D eigenvalue weighted by molar-refractivity contribution is -0.136. The number of nitrogens with zero attached hydrogens (tertiary/aromatic N) is 4. The summed E-state index contributed by atoms with van der Waals surface area (Å²) >= 11 is 0. The summed E-state index contributed by atoms with van der Waals surface area (Å²) in [7, 11) is 0. The molecule has 10 nitrogen and oxygen atoms in total. The van der Waals surface area contributed by atoms with Crippen molar-refractivity contribution in [2.75, 3.05) is 18.4 Å². The summed E-state index contributed by atoms with van der Waals surface area (Å²) in [5.74, 6) is -0.131. The Morgan fingerprint density at radius 3 is 2.70 bits per heavy atom. The van der Waals surface area contributed by atoms with Crippen LogP contribution in [0.1, 0.15) is 61.0 Å². The van der Waals surface area contributed by atoms with E-state index in [-0.39, 0.29) is 24.3 Å². The number of hydrogen-bond acceptors (Lipinski definition) is 7. The Bertz CT molecular complexity index is 1410. The van der Waals surface area contributed by atoms with Crippen LogP contribution in [-0.2, 0) is 22.7 Å². The Hall–Kier alpha value is -3.79. The molecule has 10 heteroatoms. The average molecular weight is 502 g/mol. The molecule has 0 saturated carbocycles. The number of aromatic amines is 1. The molecule has 0 radical (unpaired) electrons. The standard InChI is InChI=1S/C27H31N7O3/c1-15(2)28-25-24-23(31-32-25)18(13-33-9-3-4-10-33)12-20(29-24)16-5-6-19-17(11-16)14-34(27(19)37)21-7-8-22(35)30-26(21)36/h5-6,11-12,15,21H,3-4,7-10,13-14H2,1-2H3,(H2,28,31,32)(H,30,35,36). The molecule has 192 valence electrons. The van der Waals surface area contributed by atoms with E-state index in [1.165, 1.54) is 12.8 Å². The van der Waals surface area contributed by atoms with Gasteiger partial charge < -0.3 is 10.2 Å². The van der Waals surface area contributed by atoms with Crippen molar-refractivity contribution in [1.29, 1.82) is 0 Å². The zero-order chi connectivity index (χ0) is 25.7. The lowest BCUT2D eigenvalue weighted by Crippen LogP contribution is -2.52. The lowest BCUT2D eigenvalue weighted by atomic mass is 10.0. The second-order valence-electron chi connectivity index (χ2n) is 10.5. The molecule has 2 fully saturated rings. The second kappa shape index (κ2) is 9.26. The number of rotatable bonds is 6. The minimum absolute atomic E-state index is 0.174. The zero-order valence-corrected chi connectivity index (χ0v) is 21.1. The van der Waals surface area contributed by atoms with E-state index in [9.17, 15) is 14.4 Å². The molecule has 1 aromatic carbocycles. The van der Waals surface area contributed by atoms with Crippen molar-refractivity contribution in [2.24, 2.45) is 0 Å². The minimum Gasteiger partial charge on any atom is -0.365 e. The van der Waals surface area contributed by atoms with E-state index in [1.54, 1.807) is 4.90 Å². The molecule has 6 rings (SSSR count). The quantitative estimate of drug-likeness (QED) is 0.444. The van der Waals surface area contributed by atoms with Gasteiger partial charge in [-0.3, -0.25) is 29.7 Å². The molecule has 3 N–H and O–H groups in total. The number of imide groups is 1. The van der Waals surface area contributed by atoms with Crippen LogP contribution in [0.25, 0.3) is 22.3 Å². The van der Waals surface area contributed by atoms with E-state index in [1.807, 2.05) is 18.2 Å². The Morgan fingerprint density at radius 1 is 1.14 bits per heavy atom. The van der Waals surface area contributed by atoms with Gasteiger partial charge in [0.15, 0.2) is 5.82 Å². The molecule has 37 heavy (non-hydrogen) atoms. The van der Waals surface area contributed by atoms with E-state index < -0.39 is 11.9 Å². The summed E-state index contributed by atoms with van der Waals surface area (Å²) in [5, 5.41) is 13.5. The number of H-pyrrole nitrogens is 1. The normalized spacial score (nSPS) is 20.2. The smallest absolute Gasteiger partial charge is 0.255 e. The maximum atomic E-state index is 13.1. The molecular formula is C27H31N7O3. The first-order valence-corrected chi connectivity index (χ1v) is 13.0. The average Bonchev–Trinajstić information content (AvgIpc) is 3.59. The van der Waals surface area contributed by atoms with Crippen LogP contribution >= 0.6 is 0 Å². The fourth-order valence-corrected chi connectivity index (χ4v) is 5.62. The van der Waals surface area contributed by atoms with Crippen LogP contribution in [0.15, 0.2) is 24.3 Å². The van der Waals surface area contributed by atoms with Crippen LogP contribution in [0.3, 0.4) is 0 Å². The molecule has 3 aromatic rings. The largest absolute Gasteiger partial charge is 0.365 e. The molecule has 1 unspecified atom stereocenters. The lowest BCUT2D eigenvalue weighted by Gasteiger charge is -2.29. The van der Waals surface area contributed by atoms with E-state index in [0.29, 0.717) is 18.5 Å². The highest BCUT2D eigenvalue weighted by Gasteiger charge is 2.39. The molecule has 3 amide bonds. The number of pyridine rings is 1. The number of anilines is 1. The van der Waals surface area contributed by atoms with Crippen LogP contribution in [0.2, 0.25) is 0 Å². The summed E-state index contributed by atoms with van der Waals surface area (Å²) in [5.41, 5.74) is 6.09. The predicted octanol–water partition coefficient (Wildman–Crippen LogP) is 2.80. The first kappa shape index (κ1) is 23.6. The van der Waals surface area contributed by atoms with Crippen molar-refractivity contribution in [3.63, 3.8) is 0 Å². The van der Waals surface area contributed by atoms with E-state index >= 15 is 0 Å². The Morgan fingerprint density at radius 2 is 1.95 bits per heavy atom. The number of carbonyl (C=O) groups is 3. The highest BCUT2D eigenvalue weighted by molar-refractivity contribution is 6.05. The number of aromatic nitrogens is 3. The Kier molecular flexibility index (Phi) is 5.91. The first-order chi connectivity index (χ1) is 17.9. The second-order valence-corrected chi connectivity index (χ2v) is 10.5. The number of hydrogen-bond donors (Lipinski definition) is 3. The SMILES string of the molecule is CC(C)Nc1n[nH]c2c(CN3CCCC3)cc(-c3ccc4c(c3)CN(C3CCC(=O)NC3=O)C4=O)nc12. The molecule has 3 aliphatic rings. The number of nitrogens with one attached hydrogen (secondary N) is 3. The number of fused-ring (bicyclic) bond motifs is 2. The molecule has 0 bridgehead atoms. The van der Waals surface area contributed by atoms with Crippen LogP contribution in [0, 0.1) is 0 Å². The number of benzene rings is 1. The summed E-state index contributed by atoms with van der Waals surface area (Å²) in [6.07, 6.45) is 3.02. The van der Waals surface area contributed by atoms with Crippen molar-refractivity contribution >= 4 is 34.6 Å². The predicted molar refractivity (Wildman–Crippen MR) is 139 cm³/mol. The fourth-order valence-electron chi connectivity index (χ4n) is 5.62. The maximum Gasteiger partial charge on any atom is 0.255 e. The third-order valence-corrected chi connectivity index (χ3v) is 7.44. The third kappa shape index (κ3) is 4.35. The Labute approximate surface area is 214 Å². The van der Waals surface area contributed by atoms with Gasteiger partial charge in [0, 0.05) is 36.7 Å². The first-order valence-electron chi connectivity index (χ1n) is 13.0. The molecule has 5 heterocycles. The number of likely N-dealkylation sites (tertiary alicyclic amines) is 1. The van der Waals surface area contributed by atoms with Gasteiger partial charge >= 0.3 is 0 Å². The van der Waals surface area contributed by atoms with Crippen LogP contribution < -0.4 is 10.6 Å². The van der Waals surface area contributed by atoms with Crippen molar-refractivity contribution < 1.29 is 14.4 Å². The van der Waals surface area contributed by atoms with Crippen molar-refractivity contribution in [3.05, 3.63) is 41.0 Å². The molecule has 0 aliphatic carbocycles. The van der Waals surface area contributed by atoms with Crippen molar-refractivity contribution in [2.45, 2.75) is 64.7 Å². The van der Waals surface area contributed by atoms with Crippen LogP contribution in [0.5, 0.6) is 0 Å². The monoisotopic (exact) mass is 501 g/mol. The highest BCUT2D eigenvalue weighted by atomic mass is 16.2.